The third-order valence-corrected chi connectivity index (χ3v) is 4.75. The van der Waals surface area contributed by atoms with Crippen LogP contribution < -0.4 is 15.5 Å². The molecule has 1 saturated carbocycles. The normalized spacial score (nSPS) is 13.1. The van der Waals surface area contributed by atoms with Gasteiger partial charge in [-0.2, -0.15) is 0 Å². The topological polar surface area (TPSA) is 61.4 Å². The molecule has 2 N–H and O–H groups in total. The van der Waals surface area contributed by atoms with Crippen molar-refractivity contribution in [3.63, 3.8) is 0 Å². The maximum Gasteiger partial charge on any atom is 0.255 e. The maximum atomic E-state index is 12.6. The van der Waals surface area contributed by atoms with E-state index in [1.54, 1.807) is 18.2 Å². The summed E-state index contributed by atoms with van der Waals surface area (Å²) in [6.07, 6.45) is 4.34. The van der Waals surface area contributed by atoms with Crippen LogP contribution in [-0.2, 0) is 0 Å². The van der Waals surface area contributed by atoms with Crippen LogP contribution in [0.25, 0.3) is 0 Å². The molecule has 5 heteroatoms. The highest BCUT2D eigenvalue weighted by atomic mass is 16.2. The van der Waals surface area contributed by atoms with E-state index in [0.29, 0.717) is 16.8 Å². The fourth-order valence-electron chi connectivity index (χ4n) is 2.87. The van der Waals surface area contributed by atoms with E-state index in [1.165, 1.54) is 0 Å². The second-order valence-electron chi connectivity index (χ2n) is 7.07. The van der Waals surface area contributed by atoms with Gasteiger partial charge in [0.15, 0.2) is 0 Å². The van der Waals surface area contributed by atoms with Crippen LogP contribution in [0, 0.1) is 0 Å². The molecule has 0 saturated heterocycles. The van der Waals surface area contributed by atoms with Gasteiger partial charge >= 0.3 is 0 Å². The first-order chi connectivity index (χ1) is 13.1. The first kappa shape index (κ1) is 19.0. The van der Waals surface area contributed by atoms with E-state index in [0.717, 1.165) is 37.9 Å². The molecule has 5 nitrogen and oxygen atoms in total. The zero-order valence-corrected chi connectivity index (χ0v) is 16.0. The predicted molar refractivity (Wildman–Crippen MR) is 110 cm³/mol. The van der Waals surface area contributed by atoms with Gasteiger partial charge in [0.05, 0.1) is 11.3 Å². The summed E-state index contributed by atoms with van der Waals surface area (Å²) in [5.74, 6) is -0.356. The molecule has 2 aromatic carbocycles. The smallest absolute Gasteiger partial charge is 0.255 e. The molecule has 0 spiro atoms. The van der Waals surface area contributed by atoms with Gasteiger partial charge in [0.1, 0.15) is 0 Å². The van der Waals surface area contributed by atoms with Crippen LogP contribution in [-0.4, -0.2) is 31.4 Å². The summed E-state index contributed by atoms with van der Waals surface area (Å²) in [5.41, 5.74) is 2.68. The molecule has 2 aromatic rings. The Bertz CT molecular complexity index is 797. The zero-order chi connectivity index (χ0) is 19.2. The maximum absolute atomic E-state index is 12.6. The Morgan fingerprint density at radius 1 is 1.04 bits per heavy atom. The summed E-state index contributed by atoms with van der Waals surface area (Å²) in [6.45, 7) is 3.16. The Kier molecular flexibility index (Phi) is 6.12. The van der Waals surface area contributed by atoms with Gasteiger partial charge in [-0.3, -0.25) is 9.59 Å². The minimum absolute atomic E-state index is 0.138. The number of hydrogen-bond donors (Lipinski definition) is 2. The lowest BCUT2D eigenvalue weighted by atomic mass is 10.1. The average molecular weight is 365 g/mol. The van der Waals surface area contributed by atoms with Gasteiger partial charge < -0.3 is 15.5 Å². The quantitative estimate of drug-likeness (QED) is 0.741. The lowest BCUT2D eigenvalue weighted by molar-refractivity contribution is 0.0952. The monoisotopic (exact) mass is 365 g/mol. The zero-order valence-electron chi connectivity index (χ0n) is 16.0. The number of carbonyl (C=O) groups excluding carboxylic acids is 2. The van der Waals surface area contributed by atoms with Crippen LogP contribution in [0.5, 0.6) is 0 Å². The van der Waals surface area contributed by atoms with Crippen molar-refractivity contribution in [1.29, 1.82) is 0 Å². The van der Waals surface area contributed by atoms with E-state index in [4.69, 9.17) is 0 Å². The molecule has 142 valence electrons. The molecular weight excluding hydrogens is 338 g/mol. The molecule has 0 atom stereocenters. The lowest BCUT2D eigenvalue weighted by Crippen LogP contribution is -2.27. The van der Waals surface area contributed by atoms with Crippen molar-refractivity contribution in [2.24, 2.45) is 0 Å². The second kappa shape index (κ2) is 8.71. The van der Waals surface area contributed by atoms with Gasteiger partial charge in [-0.1, -0.05) is 25.5 Å². The Labute approximate surface area is 160 Å². The number of amides is 2. The number of carbonyl (C=O) groups is 2. The SMILES string of the molecule is CCCCN(C)c1ccc(C(=O)Nc2ccccc2C(=O)NC2CC2)cc1. The summed E-state index contributed by atoms with van der Waals surface area (Å²) in [4.78, 5) is 27.2. The van der Waals surface area contributed by atoms with E-state index < -0.39 is 0 Å². The lowest BCUT2D eigenvalue weighted by Gasteiger charge is -2.19. The number of para-hydroxylation sites is 1. The summed E-state index contributed by atoms with van der Waals surface area (Å²) in [5, 5.41) is 5.84. The van der Waals surface area contributed by atoms with Crippen molar-refractivity contribution in [3.05, 3.63) is 59.7 Å². The van der Waals surface area contributed by atoms with Crippen molar-refractivity contribution in [2.75, 3.05) is 23.8 Å². The first-order valence-electron chi connectivity index (χ1n) is 9.61. The Morgan fingerprint density at radius 3 is 2.41 bits per heavy atom. The van der Waals surface area contributed by atoms with Crippen LogP contribution in [0.1, 0.15) is 53.3 Å². The number of nitrogens with one attached hydrogen (secondary N) is 2. The summed E-state index contributed by atoms with van der Waals surface area (Å²) in [7, 11) is 2.06. The third kappa shape index (κ3) is 5.09. The molecular formula is C22H27N3O2. The van der Waals surface area contributed by atoms with Gasteiger partial charge in [0.25, 0.3) is 11.8 Å². The van der Waals surface area contributed by atoms with Gasteiger partial charge in [-0.05, 0) is 55.7 Å². The van der Waals surface area contributed by atoms with E-state index >= 15 is 0 Å². The Hall–Kier alpha value is -2.82. The van der Waals surface area contributed by atoms with Crippen LogP contribution in [0.15, 0.2) is 48.5 Å². The van der Waals surface area contributed by atoms with E-state index in [-0.39, 0.29) is 17.9 Å². The van der Waals surface area contributed by atoms with Gasteiger partial charge in [-0.15, -0.1) is 0 Å². The predicted octanol–water partition coefficient (Wildman–Crippen LogP) is 4.07. The van der Waals surface area contributed by atoms with E-state index in [2.05, 4.69) is 29.5 Å². The molecule has 2 amide bonds. The number of anilines is 2. The summed E-state index contributed by atoms with van der Waals surface area (Å²) >= 11 is 0. The van der Waals surface area contributed by atoms with Crippen LogP contribution in [0.2, 0.25) is 0 Å². The third-order valence-electron chi connectivity index (χ3n) is 4.75. The molecule has 0 heterocycles. The minimum Gasteiger partial charge on any atom is -0.375 e. The largest absolute Gasteiger partial charge is 0.375 e. The second-order valence-corrected chi connectivity index (χ2v) is 7.07. The van der Waals surface area contributed by atoms with Gasteiger partial charge in [0, 0.05) is 30.9 Å². The molecule has 0 aromatic heterocycles. The van der Waals surface area contributed by atoms with E-state index in [9.17, 15) is 9.59 Å². The van der Waals surface area contributed by atoms with Crippen molar-refractivity contribution in [2.45, 2.75) is 38.6 Å². The Morgan fingerprint density at radius 2 is 1.74 bits per heavy atom. The molecule has 1 aliphatic carbocycles. The molecule has 1 aliphatic rings. The summed E-state index contributed by atoms with van der Waals surface area (Å²) in [6, 6.07) is 14.9. The van der Waals surface area contributed by atoms with Gasteiger partial charge in [-0.25, -0.2) is 0 Å². The van der Waals surface area contributed by atoms with Crippen molar-refractivity contribution >= 4 is 23.2 Å². The summed E-state index contributed by atoms with van der Waals surface area (Å²) < 4.78 is 0. The number of hydrogen-bond acceptors (Lipinski definition) is 3. The van der Waals surface area contributed by atoms with Crippen molar-refractivity contribution < 1.29 is 9.59 Å². The molecule has 3 rings (SSSR count). The molecule has 0 radical (unpaired) electrons. The fourth-order valence-corrected chi connectivity index (χ4v) is 2.87. The molecule has 1 fully saturated rings. The number of rotatable bonds is 8. The minimum atomic E-state index is -0.218. The number of nitrogens with zero attached hydrogens (tertiary/aromatic N) is 1. The van der Waals surface area contributed by atoms with Crippen LogP contribution in [0.4, 0.5) is 11.4 Å². The standard InChI is InChI=1S/C22H27N3O2/c1-3-4-15-25(2)18-13-9-16(10-14-18)21(26)24-20-8-6-5-7-19(20)22(27)23-17-11-12-17/h5-10,13-14,17H,3-4,11-12,15H2,1-2H3,(H,23,27)(H,24,26). The highest BCUT2D eigenvalue weighted by molar-refractivity contribution is 6.09. The van der Waals surface area contributed by atoms with E-state index in [1.807, 2.05) is 30.3 Å². The van der Waals surface area contributed by atoms with Crippen LogP contribution >= 0.6 is 0 Å². The number of unbranched alkanes of at least 4 members (excludes halogenated alkanes) is 1. The molecule has 0 aliphatic heterocycles. The number of benzene rings is 2. The van der Waals surface area contributed by atoms with Crippen molar-refractivity contribution in [1.82, 2.24) is 5.32 Å². The van der Waals surface area contributed by atoms with Crippen molar-refractivity contribution in [3.8, 4) is 0 Å². The molecule has 0 bridgehead atoms. The average Bonchev–Trinajstić information content (AvgIpc) is 3.50. The molecule has 27 heavy (non-hydrogen) atoms. The van der Waals surface area contributed by atoms with Gasteiger partial charge in [0.2, 0.25) is 0 Å². The first-order valence-corrected chi connectivity index (χ1v) is 9.61. The van der Waals surface area contributed by atoms with Crippen LogP contribution in [0.3, 0.4) is 0 Å². The highest BCUT2D eigenvalue weighted by Gasteiger charge is 2.25. The molecule has 0 unspecified atom stereocenters. The highest BCUT2D eigenvalue weighted by Crippen LogP contribution is 2.22. The Balaban J connectivity index is 1.67. The fraction of sp³-hybridized carbons (Fsp3) is 0.364.